The second-order valence-electron chi connectivity index (χ2n) is 4.45. The van der Waals surface area contributed by atoms with Crippen molar-refractivity contribution >= 4 is 27.8 Å². The van der Waals surface area contributed by atoms with Crippen molar-refractivity contribution in [3.63, 3.8) is 0 Å². The van der Waals surface area contributed by atoms with Crippen molar-refractivity contribution in [3.05, 3.63) is 46.5 Å². The molecule has 1 aromatic carbocycles. The Bertz CT molecular complexity index is 873. The summed E-state index contributed by atoms with van der Waals surface area (Å²) in [4.78, 5) is 23.9. The highest BCUT2D eigenvalue weighted by Crippen LogP contribution is 2.26. The molecule has 0 aliphatic heterocycles. The van der Waals surface area contributed by atoms with Crippen molar-refractivity contribution in [1.82, 2.24) is 4.57 Å². The van der Waals surface area contributed by atoms with Gasteiger partial charge in [0.2, 0.25) is 5.76 Å². The third-order valence-electron chi connectivity index (χ3n) is 3.30. The van der Waals surface area contributed by atoms with Gasteiger partial charge in [-0.3, -0.25) is 0 Å². The molecule has 5 heteroatoms. The molecule has 20 heavy (non-hydrogen) atoms. The lowest BCUT2D eigenvalue weighted by Gasteiger charge is -2.01. The van der Waals surface area contributed by atoms with E-state index in [2.05, 4.69) is 0 Å². The number of carbonyl (C=O) groups excluding carboxylic acids is 1. The third kappa shape index (κ3) is 1.71. The first-order valence-electron chi connectivity index (χ1n) is 6.32. The molecule has 0 spiro atoms. The summed E-state index contributed by atoms with van der Waals surface area (Å²) < 4.78 is 11.8. The van der Waals surface area contributed by atoms with Crippen LogP contribution in [-0.4, -0.2) is 17.1 Å². The first-order chi connectivity index (χ1) is 9.63. The number of hydrogen-bond acceptors (Lipinski definition) is 4. The Morgan fingerprint density at radius 2 is 2.05 bits per heavy atom. The van der Waals surface area contributed by atoms with E-state index in [-0.39, 0.29) is 12.4 Å². The van der Waals surface area contributed by atoms with E-state index in [4.69, 9.17) is 9.15 Å². The Labute approximate surface area is 114 Å². The summed E-state index contributed by atoms with van der Waals surface area (Å²) in [5.74, 6) is -0.702. The number of benzene rings is 1. The van der Waals surface area contributed by atoms with Crippen LogP contribution in [0, 0.1) is 0 Å². The summed E-state index contributed by atoms with van der Waals surface area (Å²) in [5, 5.41) is 1.30. The van der Waals surface area contributed by atoms with Crippen LogP contribution in [0.15, 0.2) is 39.5 Å². The van der Waals surface area contributed by atoms with Gasteiger partial charge in [-0.15, -0.1) is 0 Å². The molecule has 102 valence electrons. The van der Waals surface area contributed by atoms with Gasteiger partial charge in [0.05, 0.1) is 17.5 Å². The Balaban J connectivity index is 2.38. The predicted octanol–water partition coefficient (Wildman–Crippen LogP) is 2.46. The standard InChI is InChI=1S/C15H13NO4/c1-3-19-14(17)12-8-11-13(15(18)20-12)9-6-4-5-7-10(9)16(11)2/h4-8H,3H2,1-2H3. The Kier molecular flexibility index (Phi) is 2.82. The van der Waals surface area contributed by atoms with Gasteiger partial charge in [-0.1, -0.05) is 18.2 Å². The van der Waals surface area contributed by atoms with Crippen molar-refractivity contribution in [3.8, 4) is 0 Å². The monoisotopic (exact) mass is 271 g/mol. The summed E-state index contributed by atoms with van der Waals surface area (Å²) >= 11 is 0. The molecule has 2 aromatic heterocycles. The Morgan fingerprint density at radius 3 is 2.80 bits per heavy atom. The van der Waals surface area contributed by atoms with Gasteiger partial charge in [0, 0.05) is 24.0 Å². The maximum Gasteiger partial charge on any atom is 0.374 e. The first-order valence-corrected chi connectivity index (χ1v) is 6.32. The molecule has 0 atom stereocenters. The van der Waals surface area contributed by atoms with Crippen LogP contribution in [-0.2, 0) is 11.8 Å². The van der Waals surface area contributed by atoms with Gasteiger partial charge in [-0.25, -0.2) is 9.59 Å². The smallest absolute Gasteiger partial charge is 0.374 e. The minimum atomic E-state index is -0.628. The second kappa shape index (κ2) is 4.52. The number of aromatic nitrogens is 1. The summed E-state index contributed by atoms with van der Waals surface area (Å²) in [7, 11) is 1.85. The van der Waals surface area contributed by atoms with Crippen LogP contribution in [0.4, 0.5) is 0 Å². The van der Waals surface area contributed by atoms with Gasteiger partial charge in [0.1, 0.15) is 0 Å². The largest absolute Gasteiger partial charge is 0.460 e. The molecule has 5 nitrogen and oxygen atoms in total. The van der Waals surface area contributed by atoms with Crippen LogP contribution in [0.1, 0.15) is 17.5 Å². The van der Waals surface area contributed by atoms with Crippen molar-refractivity contribution in [2.24, 2.45) is 7.05 Å². The van der Waals surface area contributed by atoms with Crippen molar-refractivity contribution < 1.29 is 13.9 Å². The number of ether oxygens (including phenoxy) is 1. The Morgan fingerprint density at radius 1 is 1.30 bits per heavy atom. The highest BCUT2D eigenvalue weighted by molar-refractivity contribution is 6.08. The lowest BCUT2D eigenvalue weighted by atomic mass is 10.2. The Hall–Kier alpha value is -2.56. The average molecular weight is 271 g/mol. The maximum absolute atomic E-state index is 12.1. The van der Waals surface area contributed by atoms with E-state index in [1.54, 1.807) is 13.0 Å². The number of hydrogen-bond donors (Lipinski definition) is 0. The fraction of sp³-hybridized carbons (Fsp3) is 0.200. The van der Waals surface area contributed by atoms with Crippen LogP contribution < -0.4 is 5.63 Å². The lowest BCUT2D eigenvalue weighted by molar-refractivity contribution is 0.0485. The quantitative estimate of drug-likeness (QED) is 0.672. The zero-order valence-electron chi connectivity index (χ0n) is 11.2. The summed E-state index contributed by atoms with van der Waals surface area (Å²) in [5.41, 5.74) is 1.05. The fourth-order valence-electron chi connectivity index (χ4n) is 2.40. The molecule has 0 saturated heterocycles. The van der Waals surface area contributed by atoms with Gasteiger partial charge in [0.25, 0.3) is 0 Å². The number of nitrogens with zero attached hydrogens (tertiary/aromatic N) is 1. The topological polar surface area (TPSA) is 61.4 Å². The molecule has 0 saturated carbocycles. The van der Waals surface area contributed by atoms with Gasteiger partial charge in [0.15, 0.2) is 0 Å². The average Bonchev–Trinajstić information content (AvgIpc) is 2.74. The number of aryl methyl sites for hydroxylation is 1. The summed E-state index contributed by atoms with van der Waals surface area (Å²) in [6, 6.07) is 9.09. The number of rotatable bonds is 2. The highest BCUT2D eigenvalue weighted by atomic mass is 16.5. The lowest BCUT2D eigenvalue weighted by Crippen LogP contribution is -2.10. The van der Waals surface area contributed by atoms with Gasteiger partial charge >= 0.3 is 11.6 Å². The van der Waals surface area contributed by atoms with Crippen molar-refractivity contribution in [1.29, 1.82) is 0 Å². The minimum Gasteiger partial charge on any atom is -0.460 e. The molecule has 2 heterocycles. The molecule has 0 N–H and O–H groups in total. The first kappa shape index (κ1) is 12.5. The van der Waals surface area contributed by atoms with E-state index in [1.165, 1.54) is 0 Å². The SMILES string of the molecule is CCOC(=O)c1cc2c(c(=O)o1)c1ccccc1n2C. The number of esters is 1. The number of fused-ring (bicyclic) bond motifs is 3. The van der Waals surface area contributed by atoms with Gasteiger partial charge in [-0.2, -0.15) is 0 Å². The molecule has 0 amide bonds. The van der Waals surface area contributed by atoms with Crippen LogP contribution in [0.3, 0.4) is 0 Å². The summed E-state index contributed by atoms with van der Waals surface area (Å²) in [6.07, 6.45) is 0. The van der Waals surface area contributed by atoms with Crippen LogP contribution in [0.2, 0.25) is 0 Å². The van der Waals surface area contributed by atoms with E-state index in [9.17, 15) is 9.59 Å². The third-order valence-corrected chi connectivity index (χ3v) is 3.30. The predicted molar refractivity (Wildman–Crippen MR) is 74.9 cm³/mol. The fourth-order valence-corrected chi connectivity index (χ4v) is 2.40. The van der Waals surface area contributed by atoms with E-state index in [1.807, 2.05) is 35.9 Å². The zero-order chi connectivity index (χ0) is 14.3. The van der Waals surface area contributed by atoms with E-state index in [0.29, 0.717) is 10.9 Å². The zero-order valence-corrected chi connectivity index (χ0v) is 11.2. The molecule has 3 rings (SSSR count). The van der Waals surface area contributed by atoms with E-state index >= 15 is 0 Å². The van der Waals surface area contributed by atoms with E-state index in [0.717, 1.165) is 10.9 Å². The second-order valence-corrected chi connectivity index (χ2v) is 4.45. The molecule has 0 radical (unpaired) electrons. The highest BCUT2D eigenvalue weighted by Gasteiger charge is 2.17. The molecular formula is C15H13NO4. The van der Waals surface area contributed by atoms with Gasteiger partial charge < -0.3 is 13.7 Å². The van der Waals surface area contributed by atoms with Gasteiger partial charge in [-0.05, 0) is 13.0 Å². The molecule has 3 aromatic rings. The summed E-state index contributed by atoms with van der Waals surface area (Å²) in [6.45, 7) is 1.93. The molecule has 0 unspecified atom stereocenters. The minimum absolute atomic E-state index is 0.0738. The normalized spacial score (nSPS) is 11.1. The molecular weight excluding hydrogens is 258 g/mol. The van der Waals surface area contributed by atoms with Crippen LogP contribution >= 0.6 is 0 Å². The molecule has 0 aliphatic rings. The molecule has 0 fully saturated rings. The maximum atomic E-state index is 12.1. The van der Waals surface area contributed by atoms with Crippen LogP contribution in [0.25, 0.3) is 21.8 Å². The molecule has 0 bridgehead atoms. The molecule has 0 aliphatic carbocycles. The van der Waals surface area contributed by atoms with Crippen LogP contribution in [0.5, 0.6) is 0 Å². The number of para-hydroxylation sites is 1. The number of carbonyl (C=O) groups is 1. The van der Waals surface area contributed by atoms with E-state index < -0.39 is 11.6 Å². The van der Waals surface area contributed by atoms with Crippen molar-refractivity contribution in [2.45, 2.75) is 6.92 Å². The van der Waals surface area contributed by atoms with Crippen molar-refractivity contribution in [2.75, 3.05) is 6.61 Å².